The van der Waals surface area contributed by atoms with Crippen LogP contribution in [0, 0.1) is 6.92 Å². The van der Waals surface area contributed by atoms with Crippen LogP contribution in [0.2, 0.25) is 0 Å². The van der Waals surface area contributed by atoms with Crippen molar-refractivity contribution in [2.24, 2.45) is 0 Å². The Morgan fingerprint density at radius 2 is 2.33 bits per heavy atom. The third-order valence-corrected chi connectivity index (χ3v) is 4.10. The lowest BCUT2D eigenvalue weighted by Crippen LogP contribution is -2.20. The molecule has 0 radical (unpaired) electrons. The highest BCUT2D eigenvalue weighted by Crippen LogP contribution is 2.18. The number of aromatic nitrogens is 1. The van der Waals surface area contributed by atoms with Crippen LogP contribution in [-0.2, 0) is 12.8 Å². The SMILES string of the molecule is CCc1nc(CCN[C@H](C)c2ccco2)sc1C. The summed E-state index contributed by atoms with van der Waals surface area (Å²) in [6.45, 7) is 7.35. The number of hydrogen-bond acceptors (Lipinski definition) is 4. The van der Waals surface area contributed by atoms with Gasteiger partial charge in [0, 0.05) is 17.8 Å². The van der Waals surface area contributed by atoms with Crippen molar-refractivity contribution in [3.63, 3.8) is 0 Å². The number of thiazole rings is 1. The van der Waals surface area contributed by atoms with Gasteiger partial charge in [0.2, 0.25) is 0 Å². The monoisotopic (exact) mass is 264 g/mol. The zero-order valence-electron chi connectivity index (χ0n) is 11.2. The third-order valence-electron chi connectivity index (χ3n) is 3.03. The predicted octanol–water partition coefficient (Wildman–Crippen LogP) is 3.50. The average molecular weight is 264 g/mol. The molecule has 98 valence electrons. The van der Waals surface area contributed by atoms with E-state index >= 15 is 0 Å². The van der Waals surface area contributed by atoms with Gasteiger partial charge in [0.05, 0.1) is 23.0 Å². The molecule has 2 heterocycles. The van der Waals surface area contributed by atoms with Gasteiger partial charge in [0.15, 0.2) is 0 Å². The molecule has 0 bridgehead atoms. The molecule has 0 spiro atoms. The summed E-state index contributed by atoms with van der Waals surface area (Å²) in [6, 6.07) is 4.18. The van der Waals surface area contributed by atoms with Gasteiger partial charge in [0.1, 0.15) is 5.76 Å². The number of nitrogens with one attached hydrogen (secondary N) is 1. The van der Waals surface area contributed by atoms with Gasteiger partial charge in [-0.3, -0.25) is 0 Å². The van der Waals surface area contributed by atoms with Crippen molar-refractivity contribution < 1.29 is 4.42 Å². The van der Waals surface area contributed by atoms with E-state index in [0.29, 0.717) is 0 Å². The summed E-state index contributed by atoms with van der Waals surface area (Å²) in [5, 5.41) is 4.68. The Morgan fingerprint density at radius 1 is 1.50 bits per heavy atom. The summed E-state index contributed by atoms with van der Waals surface area (Å²) < 4.78 is 5.36. The maximum Gasteiger partial charge on any atom is 0.120 e. The first kappa shape index (κ1) is 13.3. The van der Waals surface area contributed by atoms with E-state index in [-0.39, 0.29) is 6.04 Å². The summed E-state index contributed by atoms with van der Waals surface area (Å²) in [5.41, 5.74) is 1.24. The Balaban J connectivity index is 1.81. The Kier molecular flexibility index (Phi) is 4.55. The number of rotatable bonds is 6. The zero-order chi connectivity index (χ0) is 13.0. The van der Waals surface area contributed by atoms with Crippen molar-refractivity contribution in [2.75, 3.05) is 6.54 Å². The van der Waals surface area contributed by atoms with Gasteiger partial charge >= 0.3 is 0 Å². The minimum Gasteiger partial charge on any atom is -0.468 e. The lowest BCUT2D eigenvalue weighted by molar-refractivity contribution is 0.432. The van der Waals surface area contributed by atoms with E-state index in [2.05, 4.69) is 31.1 Å². The van der Waals surface area contributed by atoms with E-state index in [0.717, 1.165) is 25.1 Å². The molecule has 2 aromatic rings. The normalized spacial score (nSPS) is 12.8. The smallest absolute Gasteiger partial charge is 0.120 e. The van der Waals surface area contributed by atoms with Crippen LogP contribution in [0.1, 0.15) is 41.2 Å². The quantitative estimate of drug-likeness (QED) is 0.867. The average Bonchev–Trinajstić information content (AvgIpc) is 2.98. The molecule has 1 N–H and O–H groups in total. The summed E-state index contributed by atoms with van der Waals surface area (Å²) >= 11 is 1.81. The van der Waals surface area contributed by atoms with Gasteiger partial charge in [-0.05, 0) is 32.4 Å². The molecule has 0 aliphatic carbocycles. The van der Waals surface area contributed by atoms with Crippen LogP contribution in [0.4, 0.5) is 0 Å². The van der Waals surface area contributed by atoms with Crippen LogP contribution in [0.25, 0.3) is 0 Å². The second-order valence-corrected chi connectivity index (χ2v) is 5.69. The fourth-order valence-electron chi connectivity index (χ4n) is 1.96. The van der Waals surface area contributed by atoms with Crippen molar-refractivity contribution in [1.82, 2.24) is 10.3 Å². The first-order valence-corrected chi connectivity index (χ1v) is 7.24. The van der Waals surface area contributed by atoms with Crippen molar-refractivity contribution in [1.29, 1.82) is 0 Å². The maximum atomic E-state index is 5.36. The summed E-state index contributed by atoms with van der Waals surface area (Å²) in [7, 11) is 0. The van der Waals surface area contributed by atoms with Crippen LogP contribution < -0.4 is 5.32 Å². The fraction of sp³-hybridized carbons (Fsp3) is 0.500. The minimum absolute atomic E-state index is 0.256. The fourth-order valence-corrected chi connectivity index (χ4v) is 2.98. The van der Waals surface area contributed by atoms with E-state index in [9.17, 15) is 0 Å². The number of hydrogen-bond donors (Lipinski definition) is 1. The van der Waals surface area contributed by atoms with Gasteiger partial charge < -0.3 is 9.73 Å². The molecule has 0 amide bonds. The van der Waals surface area contributed by atoms with Gasteiger partial charge in [-0.2, -0.15) is 0 Å². The summed E-state index contributed by atoms with van der Waals surface area (Å²) in [4.78, 5) is 6.00. The largest absolute Gasteiger partial charge is 0.468 e. The molecule has 4 heteroatoms. The highest BCUT2D eigenvalue weighted by Gasteiger charge is 2.09. The molecule has 0 aliphatic rings. The predicted molar refractivity (Wildman–Crippen MR) is 75.1 cm³/mol. The number of aryl methyl sites for hydroxylation is 2. The summed E-state index contributed by atoms with van der Waals surface area (Å²) in [6.07, 6.45) is 3.72. The van der Waals surface area contributed by atoms with Crippen LogP contribution in [0.15, 0.2) is 22.8 Å². The molecule has 2 rings (SSSR count). The number of furan rings is 1. The van der Waals surface area contributed by atoms with Crippen molar-refractivity contribution in [3.05, 3.63) is 39.7 Å². The van der Waals surface area contributed by atoms with E-state index in [4.69, 9.17) is 4.42 Å². The van der Waals surface area contributed by atoms with Gasteiger partial charge in [0.25, 0.3) is 0 Å². The topological polar surface area (TPSA) is 38.1 Å². The molecule has 0 saturated heterocycles. The Hall–Kier alpha value is -1.13. The molecule has 0 aliphatic heterocycles. The van der Waals surface area contributed by atoms with Crippen LogP contribution >= 0.6 is 11.3 Å². The standard InChI is InChI=1S/C14H20N2OS/c1-4-12-11(3)18-14(16-12)7-8-15-10(2)13-6-5-9-17-13/h5-6,9-10,15H,4,7-8H2,1-3H3/t10-/m1/s1. The maximum absolute atomic E-state index is 5.36. The molecule has 1 atom stereocenters. The van der Waals surface area contributed by atoms with Gasteiger partial charge in [-0.1, -0.05) is 6.92 Å². The van der Waals surface area contributed by atoms with E-state index in [1.54, 1.807) is 6.26 Å². The first-order chi connectivity index (χ1) is 8.70. The molecule has 0 unspecified atom stereocenters. The molecule has 0 saturated carbocycles. The first-order valence-electron chi connectivity index (χ1n) is 6.42. The van der Waals surface area contributed by atoms with Crippen LogP contribution in [-0.4, -0.2) is 11.5 Å². The van der Waals surface area contributed by atoms with E-state index in [1.165, 1.54) is 15.6 Å². The molecule has 18 heavy (non-hydrogen) atoms. The molecule has 2 aromatic heterocycles. The van der Waals surface area contributed by atoms with Crippen molar-refractivity contribution >= 4 is 11.3 Å². The van der Waals surface area contributed by atoms with Crippen molar-refractivity contribution in [3.8, 4) is 0 Å². The Bertz CT molecular complexity index is 476. The highest BCUT2D eigenvalue weighted by atomic mass is 32.1. The minimum atomic E-state index is 0.256. The third kappa shape index (κ3) is 3.21. The lowest BCUT2D eigenvalue weighted by Gasteiger charge is -2.09. The van der Waals surface area contributed by atoms with Gasteiger partial charge in [-0.25, -0.2) is 4.98 Å². The Labute approximate surface area is 112 Å². The van der Waals surface area contributed by atoms with E-state index < -0.39 is 0 Å². The van der Waals surface area contributed by atoms with Crippen molar-refractivity contribution in [2.45, 2.75) is 39.7 Å². The van der Waals surface area contributed by atoms with Gasteiger partial charge in [-0.15, -0.1) is 11.3 Å². The number of nitrogens with zero attached hydrogens (tertiary/aromatic N) is 1. The lowest BCUT2D eigenvalue weighted by atomic mass is 10.2. The second-order valence-electron chi connectivity index (χ2n) is 4.41. The van der Waals surface area contributed by atoms with E-state index in [1.807, 2.05) is 23.5 Å². The molecule has 3 nitrogen and oxygen atoms in total. The van der Waals surface area contributed by atoms with Crippen LogP contribution in [0.3, 0.4) is 0 Å². The molecule has 0 aromatic carbocycles. The second kappa shape index (κ2) is 6.16. The summed E-state index contributed by atoms with van der Waals surface area (Å²) in [5.74, 6) is 0.986. The Morgan fingerprint density at radius 3 is 2.94 bits per heavy atom. The zero-order valence-corrected chi connectivity index (χ0v) is 12.0. The molecular formula is C14H20N2OS. The highest BCUT2D eigenvalue weighted by molar-refractivity contribution is 7.11. The molecule has 0 fully saturated rings. The molecular weight excluding hydrogens is 244 g/mol. The van der Waals surface area contributed by atoms with Crippen LogP contribution in [0.5, 0.6) is 0 Å².